The van der Waals surface area contributed by atoms with Crippen molar-refractivity contribution in [3.63, 3.8) is 0 Å². The zero-order valence-electron chi connectivity index (χ0n) is 10.8. The minimum Gasteiger partial charge on any atom is -0.424 e. The number of nitrogens with zero attached hydrogens (tertiary/aromatic N) is 1. The maximum Gasteiger partial charge on any atom is 0.296 e. The Morgan fingerprint density at radius 3 is 2.72 bits per heavy atom. The molecule has 5 heteroatoms. The molecule has 0 fully saturated rings. The summed E-state index contributed by atoms with van der Waals surface area (Å²) >= 11 is 0. The lowest BCUT2D eigenvalue weighted by Gasteiger charge is -2.20. The molecule has 0 aliphatic carbocycles. The van der Waals surface area contributed by atoms with Crippen LogP contribution >= 0.6 is 0 Å². The monoisotopic (exact) mass is 247 g/mol. The van der Waals surface area contributed by atoms with Crippen molar-refractivity contribution in [2.45, 2.75) is 26.3 Å². The average Bonchev–Trinajstić information content (AvgIpc) is 2.66. The van der Waals surface area contributed by atoms with Gasteiger partial charge >= 0.3 is 0 Å². The van der Waals surface area contributed by atoms with E-state index in [-0.39, 0.29) is 18.0 Å². The summed E-state index contributed by atoms with van der Waals surface area (Å²) in [6.45, 7) is 5.95. The van der Waals surface area contributed by atoms with E-state index in [9.17, 15) is 4.79 Å². The molecule has 0 unspecified atom stereocenters. The van der Waals surface area contributed by atoms with Crippen LogP contribution in [0.1, 0.15) is 20.8 Å². The quantitative estimate of drug-likeness (QED) is 0.872. The molecule has 5 nitrogen and oxygen atoms in total. The molecule has 96 valence electrons. The highest BCUT2D eigenvalue weighted by Gasteiger charge is 2.14. The number of nitrogens with one attached hydrogen (secondary N) is 2. The predicted octanol–water partition coefficient (Wildman–Crippen LogP) is 2.15. The molecule has 2 N–H and O–H groups in total. The molecule has 0 aliphatic heterocycles. The van der Waals surface area contributed by atoms with Gasteiger partial charge < -0.3 is 15.1 Å². The van der Waals surface area contributed by atoms with Crippen molar-refractivity contribution in [2.75, 3.05) is 11.9 Å². The largest absolute Gasteiger partial charge is 0.424 e. The predicted molar refractivity (Wildman–Crippen MR) is 70.4 cm³/mol. The molecule has 0 bridgehead atoms. The van der Waals surface area contributed by atoms with Crippen molar-refractivity contribution in [1.82, 2.24) is 10.3 Å². The SMILES string of the molecule is CC(C)(C)NC(=O)CNc1nc2ccccc2o1. The fraction of sp³-hybridized carbons (Fsp3) is 0.385. The number of aromatic nitrogens is 1. The van der Waals surface area contributed by atoms with Crippen molar-refractivity contribution in [2.24, 2.45) is 0 Å². The molecule has 1 amide bonds. The molecule has 2 rings (SSSR count). The summed E-state index contributed by atoms with van der Waals surface area (Å²) in [7, 11) is 0. The van der Waals surface area contributed by atoms with E-state index in [0.29, 0.717) is 11.6 Å². The highest BCUT2D eigenvalue weighted by atomic mass is 16.4. The van der Waals surface area contributed by atoms with Gasteiger partial charge in [0.2, 0.25) is 5.91 Å². The number of para-hydroxylation sites is 2. The topological polar surface area (TPSA) is 67.2 Å². The smallest absolute Gasteiger partial charge is 0.296 e. The molecule has 0 atom stereocenters. The summed E-state index contributed by atoms with van der Waals surface area (Å²) in [5.74, 6) is -0.0928. The summed E-state index contributed by atoms with van der Waals surface area (Å²) in [6.07, 6.45) is 0. The number of anilines is 1. The highest BCUT2D eigenvalue weighted by Crippen LogP contribution is 2.17. The zero-order chi connectivity index (χ0) is 13.2. The molecule has 0 radical (unpaired) electrons. The van der Waals surface area contributed by atoms with Crippen LogP contribution in [-0.2, 0) is 4.79 Å². The maximum absolute atomic E-state index is 11.6. The van der Waals surface area contributed by atoms with E-state index in [1.807, 2.05) is 45.0 Å². The van der Waals surface area contributed by atoms with Gasteiger partial charge in [0.25, 0.3) is 6.01 Å². The van der Waals surface area contributed by atoms with Crippen molar-refractivity contribution in [3.05, 3.63) is 24.3 Å². The van der Waals surface area contributed by atoms with Crippen LogP contribution in [-0.4, -0.2) is 23.0 Å². The van der Waals surface area contributed by atoms with Crippen LogP contribution in [0.3, 0.4) is 0 Å². The molecule has 1 heterocycles. The second-order valence-corrected chi connectivity index (χ2v) is 5.14. The third-order valence-electron chi connectivity index (χ3n) is 2.21. The van der Waals surface area contributed by atoms with E-state index in [1.54, 1.807) is 0 Å². The number of hydrogen-bond donors (Lipinski definition) is 2. The number of rotatable bonds is 3. The third kappa shape index (κ3) is 3.23. The molecule has 2 aromatic rings. The lowest BCUT2D eigenvalue weighted by molar-refractivity contribution is -0.120. The molecule has 0 saturated heterocycles. The number of fused-ring (bicyclic) bond motifs is 1. The molecule has 0 saturated carbocycles. The Morgan fingerprint density at radius 2 is 2.06 bits per heavy atom. The molecule has 1 aromatic heterocycles. The summed E-state index contributed by atoms with van der Waals surface area (Å²) < 4.78 is 5.45. The Bertz CT molecular complexity index is 522. The number of carbonyl (C=O) groups excluding carboxylic acids is 1. The van der Waals surface area contributed by atoms with Crippen LogP contribution < -0.4 is 10.6 Å². The third-order valence-corrected chi connectivity index (χ3v) is 2.21. The van der Waals surface area contributed by atoms with E-state index in [4.69, 9.17) is 4.42 Å². The fourth-order valence-corrected chi connectivity index (χ4v) is 1.57. The van der Waals surface area contributed by atoms with Crippen LogP contribution in [0.2, 0.25) is 0 Å². The van der Waals surface area contributed by atoms with Gasteiger partial charge in [0.05, 0.1) is 6.54 Å². The first kappa shape index (κ1) is 12.4. The maximum atomic E-state index is 11.6. The molecule has 18 heavy (non-hydrogen) atoms. The van der Waals surface area contributed by atoms with Crippen LogP contribution in [0.15, 0.2) is 28.7 Å². The summed E-state index contributed by atoms with van der Waals surface area (Å²) in [5.41, 5.74) is 1.24. The Hall–Kier alpha value is -2.04. The van der Waals surface area contributed by atoms with Crippen molar-refractivity contribution >= 4 is 23.0 Å². The van der Waals surface area contributed by atoms with E-state index >= 15 is 0 Å². The number of benzene rings is 1. The molecule has 0 spiro atoms. The van der Waals surface area contributed by atoms with Gasteiger partial charge in [0, 0.05) is 5.54 Å². The number of oxazole rings is 1. The van der Waals surface area contributed by atoms with Crippen molar-refractivity contribution in [1.29, 1.82) is 0 Å². The Balaban J connectivity index is 1.96. The van der Waals surface area contributed by atoms with Crippen LogP contribution in [0, 0.1) is 0 Å². The molecule has 1 aromatic carbocycles. The van der Waals surface area contributed by atoms with Crippen molar-refractivity contribution in [3.8, 4) is 0 Å². The van der Waals surface area contributed by atoms with Gasteiger partial charge in [-0.25, -0.2) is 0 Å². The van der Waals surface area contributed by atoms with E-state index in [0.717, 1.165) is 5.52 Å². The molecular formula is C13H17N3O2. The first-order valence-electron chi connectivity index (χ1n) is 5.84. The lowest BCUT2D eigenvalue weighted by atomic mass is 10.1. The van der Waals surface area contributed by atoms with Gasteiger partial charge in [-0.15, -0.1) is 0 Å². The van der Waals surface area contributed by atoms with Gasteiger partial charge in [-0.3, -0.25) is 4.79 Å². The first-order valence-corrected chi connectivity index (χ1v) is 5.84. The fourth-order valence-electron chi connectivity index (χ4n) is 1.57. The Morgan fingerprint density at radius 1 is 1.33 bits per heavy atom. The number of carbonyl (C=O) groups is 1. The van der Waals surface area contributed by atoms with Crippen LogP contribution in [0.5, 0.6) is 0 Å². The van der Waals surface area contributed by atoms with Crippen LogP contribution in [0.4, 0.5) is 6.01 Å². The standard InChI is InChI=1S/C13H17N3O2/c1-13(2,3)16-11(17)8-14-12-15-9-6-4-5-7-10(9)18-12/h4-7H,8H2,1-3H3,(H,14,15)(H,16,17). The summed E-state index contributed by atoms with van der Waals surface area (Å²) in [5, 5.41) is 5.72. The minimum absolute atomic E-state index is 0.0928. The zero-order valence-corrected chi connectivity index (χ0v) is 10.8. The van der Waals surface area contributed by atoms with Gasteiger partial charge in [0.1, 0.15) is 5.52 Å². The normalized spacial score (nSPS) is 11.5. The lowest BCUT2D eigenvalue weighted by Crippen LogP contribution is -2.43. The number of hydrogen-bond acceptors (Lipinski definition) is 4. The Kier molecular flexibility index (Phi) is 3.23. The van der Waals surface area contributed by atoms with Gasteiger partial charge in [-0.2, -0.15) is 4.98 Å². The second-order valence-electron chi connectivity index (χ2n) is 5.14. The summed E-state index contributed by atoms with van der Waals surface area (Å²) in [6, 6.07) is 7.83. The van der Waals surface area contributed by atoms with Gasteiger partial charge in [0.15, 0.2) is 5.58 Å². The second kappa shape index (κ2) is 4.68. The van der Waals surface area contributed by atoms with E-state index in [1.165, 1.54) is 0 Å². The average molecular weight is 247 g/mol. The van der Waals surface area contributed by atoms with Crippen LogP contribution in [0.25, 0.3) is 11.1 Å². The first-order chi connectivity index (χ1) is 8.44. The van der Waals surface area contributed by atoms with Gasteiger partial charge in [-0.1, -0.05) is 12.1 Å². The molecular weight excluding hydrogens is 230 g/mol. The number of amides is 1. The minimum atomic E-state index is -0.236. The van der Waals surface area contributed by atoms with E-state index in [2.05, 4.69) is 15.6 Å². The highest BCUT2D eigenvalue weighted by molar-refractivity contribution is 5.81. The van der Waals surface area contributed by atoms with Crippen molar-refractivity contribution < 1.29 is 9.21 Å². The Labute approximate surface area is 106 Å². The molecule has 0 aliphatic rings. The van der Waals surface area contributed by atoms with Gasteiger partial charge in [-0.05, 0) is 32.9 Å². The summed E-state index contributed by atoms with van der Waals surface area (Å²) in [4.78, 5) is 15.8. The van der Waals surface area contributed by atoms with E-state index < -0.39 is 0 Å².